The molecule has 27 heavy (non-hydrogen) atoms. The predicted molar refractivity (Wildman–Crippen MR) is 110 cm³/mol. The van der Waals surface area contributed by atoms with Crippen molar-refractivity contribution in [2.24, 2.45) is 0 Å². The van der Waals surface area contributed by atoms with E-state index in [4.69, 9.17) is 14.2 Å². The van der Waals surface area contributed by atoms with E-state index in [2.05, 4.69) is 15.5 Å². The van der Waals surface area contributed by atoms with Gasteiger partial charge in [0.2, 0.25) is 5.13 Å². The smallest absolute Gasteiger partial charge is 0.210 e. The molecule has 0 aliphatic rings. The first kappa shape index (κ1) is 19.3. The number of aromatic nitrogens is 2. The van der Waals surface area contributed by atoms with Gasteiger partial charge in [-0.25, -0.2) is 0 Å². The van der Waals surface area contributed by atoms with E-state index in [1.807, 2.05) is 55.5 Å². The highest BCUT2D eigenvalue weighted by Gasteiger charge is 2.08. The molecule has 3 rings (SSSR count). The van der Waals surface area contributed by atoms with Gasteiger partial charge in [0.05, 0.1) is 26.0 Å². The number of thioether (sulfide) groups is 1. The molecule has 1 aromatic heterocycles. The minimum atomic E-state index is 0.591. The van der Waals surface area contributed by atoms with Crippen LogP contribution in [0.2, 0.25) is 0 Å². The van der Waals surface area contributed by atoms with E-state index in [9.17, 15) is 0 Å². The van der Waals surface area contributed by atoms with Gasteiger partial charge in [-0.3, -0.25) is 0 Å². The second kappa shape index (κ2) is 10.0. The minimum Gasteiger partial charge on any atom is -0.495 e. The van der Waals surface area contributed by atoms with Crippen molar-refractivity contribution < 1.29 is 14.2 Å². The molecule has 0 atom stereocenters. The van der Waals surface area contributed by atoms with Gasteiger partial charge in [0.15, 0.2) is 4.34 Å². The molecular formula is C19H21N3O3S2. The molecule has 0 aliphatic carbocycles. The predicted octanol–water partition coefficient (Wildman–Crippen LogP) is 4.86. The van der Waals surface area contributed by atoms with Crippen molar-refractivity contribution in [3.8, 4) is 17.2 Å². The summed E-state index contributed by atoms with van der Waals surface area (Å²) >= 11 is 3.12. The van der Waals surface area contributed by atoms with Gasteiger partial charge in [0.25, 0.3) is 0 Å². The summed E-state index contributed by atoms with van der Waals surface area (Å²) in [6.45, 7) is 3.21. The molecule has 142 valence electrons. The second-order valence-corrected chi connectivity index (χ2v) is 7.62. The zero-order valence-electron chi connectivity index (χ0n) is 15.2. The molecule has 0 amide bonds. The number of hydrogen-bond acceptors (Lipinski definition) is 8. The Morgan fingerprint density at radius 1 is 1.00 bits per heavy atom. The summed E-state index contributed by atoms with van der Waals surface area (Å²) in [6, 6.07) is 15.4. The number of nitrogens with zero attached hydrogens (tertiary/aromatic N) is 2. The number of methoxy groups -OCH3 is 1. The molecule has 6 nitrogen and oxygen atoms in total. The third kappa shape index (κ3) is 5.77. The van der Waals surface area contributed by atoms with E-state index in [1.165, 1.54) is 11.3 Å². The molecule has 1 heterocycles. The average Bonchev–Trinajstić information content (AvgIpc) is 3.14. The lowest BCUT2D eigenvalue weighted by Gasteiger charge is -2.07. The van der Waals surface area contributed by atoms with Crippen molar-refractivity contribution in [3.05, 3.63) is 48.5 Å². The van der Waals surface area contributed by atoms with Gasteiger partial charge in [0, 0.05) is 5.75 Å². The largest absolute Gasteiger partial charge is 0.495 e. The van der Waals surface area contributed by atoms with Crippen molar-refractivity contribution in [2.75, 3.05) is 31.4 Å². The van der Waals surface area contributed by atoms with E-state index in [0.717, 1.165) is 38.2 Å². The van der Waals surface area contributed by atoms with Crippen LogP contribution >= 0.6 is 23.1 Å². The summed E-state index contributed by atoms with van der Waals surface area (Å²) in [4.78, 5) is 0. The number of benzene rings is 2. The second-order valence-electron chi connectivity index (χ2n) is 5.30. The Hall–Kier alpha value is -2.45. The quantitative estimate of drug-likeness (QED) is 0.383. The van der Waals surface area contributed by atoms with Crippen LogP contribution in [-0.2, 0) is 0 Å². The molecule has 2 aromatic carbocycles. The SMILES string of the molecule is CCOc1ccc(OCCSc2nnc(Nc3ccccc3OC)s2)cc1. The lowest BCUT2D eigenvalue weighted by Crippen LogP contribution is -2.00. The Morgan fingerprint density at radius 3 is 2.48 bits per heavy atom. The van der Waals surface area contributed by atoms with Crippen molar-refractivity contribution in [1.82, 2.24) is 10.2 Å². The van der Waals surface area contributed by atoms with Gasteiger partial charge >= 0.3 is 0 Å². The summed E-state index contributed by atoms with van der Waals surface area (Å²) in [5.41, 5.74) is 0.867. The molecule has 0 fully saturated rings. The Bertz CT molecular complexity index is 840. The summed E-state index contributed by atoms with van der Waals surface area (Å²) in [5.74, 6) is 3.24. The van der Waals surface area contributed by atoms with Crippen LogP contribution in [0.15, 0.2) is 52.9 Å². The Balaban J connectivity index is 1.44. The summed E-state index contributed by atoms with van der Waals surface area (Å²) in [5, 5.41) is 12.3. The molecule has 0 bridgehead atoms. The molecular weight excluding hydrogens is 382 g/mol. The topological polar surface area (TPSA) is 65.5 Å². The first-order valence-corrected chi connectivity index (χ1v) is 10.3. The Kier molecular flexibility index (Phi) is 7.18. The third-order valence-electron chi connectivity index (χ3n) is 3.47. The first-order chi connectivity index (χ1) is 13.3. The maximum Gasteiger partial charge on any atom is 0.210 e. The molecule has 0 radical (unpaired) electrons. The fraction of sp³-hybridized carbons (Fsp3) is 0.263. The lowest BCUT2D eigenvalue weighted by atomic mass is 10.3. The molecule has 0 saturated carbocycles. The van der Waals surface area contributed by atoms with Crippen LogP contribution in [0.3, 0.4) is 0 Å². The highest BCUT2D eigenvalue weighted by Crippen LogP contribution is 2.31. The summed E-state index contributed by atoms with van der Waals surface area (Å²) in [7, 11) is 1.65. The van der Waals surface area contributed by atoms with Gasteiger partial charge in [-0.05, 0) is 43.3 Å². The monoisotopic (exact) mass is 403 g/mol. The number of para-hydroxylation sites is 2. The zero-order valence-corrected chi connectivity index (χ0v) is 16.8. The van der Waals surface area contributed by atoms with Gasteiger partial charge in [0.1, 0.15) is 17.2 Å². The maximum atomic E-state index is 5.74. The van der Waals surface area contributed by atoms with Gasteiger partial charge in [-0.15, -0.1) is 10.2 Å². The zero-order chi connectivity index (χ0) is 18.9. The molecule has 8 heteroatoms. The normalized spacial score (nSPS) is 10.4. The molecule has 0 spiro atoms. The standard InChI is InChI=1S/C19H21N3O3S2/c1-3-24-14-8-10-15(11-9-14)25-12-13-26-19-22-21-18(27-19)20-16-6-4-5-7-17(16)23-2/h4-11H,3,12-13H2,1-2H3,(H,20,21). The minimum absolute atomic E-state index is 0.591. The number of anilines is 2. The molecule has 0 unspecified atom stereocenters. The number of ether oxygens (including phenoxy) is 3. The van der Waals surface area contributed by atoms with Gasteiger partial charge in [-0.1, -0.05) is 35.2 Å². The van der Waals surface area contributed by atoms with Crippen LogP contribution in [0.1, 0.15) is 6.92 Å². The molecule has 1 N–H and O–H groups in total. The van der Waals surface area contributed by atoms with E-state index < -0.39 is 0 Å². The fourth-order valence-corrected chi connectivity index (χ4v) is 3.92. The highest BCUT2D eigenvalue weighted by molar-refractivity contribution is 8.01. The molecule has 0 aliphatic heterocycles. The van der Waals surface area contributed by atoms with Crippen LogP contribution in [0.25, 0.3) is 0 Å². The van der Waals surface area contributed by atoms with Crippen molar-refractivity contribution in [1.29, 1.82) is 0 Å². The third-order valence-corrected chi connectivity index (χ3v) is 5.40. The summed E-state index contributed by atoms with van der Waals surface area (Å²) < 4.78 is 17.4. The number of hydrogen-bond donors (Lipinski definition) is 1. The van der Waals surface area contributed by atoms with Gasteiger partial charge in [-0.2, -0.15) is 0 Å². The lowest BCUT2D eigenvalue weighted by molar-refractivity contribution is 0.332. The van der Waals surface area contributed by atoms with Crippen LogP contribution in [-0.4, -0.2) is 36.3 Å². The Labute approximate surface area is 166 Å². The van der Waals surface area contributed by atoms with E-state index in [0.29, 0.717) is 13.2 Å². The maximum absolute atomic E-state index is 5.74. The first-order valence-electron chi connectivity index (χ1n) is 8.50. The van der Waals surface area contributed by atoms with Crippen molar-refractivity contribution in [3.63, 3.8) is 0 Å². The average molecular weight is 404 g/mol. The van der Waals surface area contributed by atoms with Crippen molar-refractivity contribution >= 4 is 33.9 Å². The van der Waals surface area contributed by atoms with E-state index in [-0.39, 0.29) is 0 Å². The van der Waals surface area contributed by atoms with Crippen LogP contribution in [0.5, 0.6) is 17.2 Å². The van der Waals surface area contributed by atoms with E-state index >= 15 is 0 Å². The highest BCUT2D eigenvalue weighted by atomic mass is 32.2. The number of nitrogens with one attached hydrogen (secondary N) is 1. The van der Waals surface area contributed by atoms with Gasteiger partial charge < -0.3 is 19.5 Å². The Morgan fingerprint density at radius 2 is 1.74 bits per heavy atom. The summed E-state index contributed by atoms with van der Waals surface area (Å²) in [6.07, 6.45) is 0. The van der Waals surface area contributed by atoms with Crippen molar-refractivity contribution in [2.45, 2.75) is 11.3 Å². The molecule has 3 aromatic rings. The van der Waals surface area contributed by atoms with Crippen LogP contribution in [0, 0.1) is 0 Å². The fourth-order valence-electron chi connectivity index (χ4n) is 2.27. The van der Waals surface area contributed by atoms with Crippen LogP contribution < -0.4 is 19.5 Å². The van der Waals surface area contributed by atoms with E-state index in [1.54, 1.807) is 18.9 Å². The van der Waals surface area contributed by atoms with Crippen LogP contribution in [0.4, 0.5) is 10.8 Å². The molecule has 0 saturated heterocycles. The number of rotatable bonds is 10.